The molecule has 0 aliphatic carbocycles. The van der Waals surface area contributed by atoms with Gasteiger partial charge >= 0.3 is 0 Å². The molecule has 1 nitrogen and oxygen atoms in total. The van der Waals surface area contributed by atoms with Crippen molar-refractivity contribution in [3.05, 3.63) is 27.5 Å². The fraction of sp³-hybridized carbons (Fsp3) is 0.417. The minimum absolute atomic E-state index is 0.178. The highest BCUT2D eigenvalue weighted by atomic mass is 79.9. The van der Waals surface area contributed by atoms with Gasteiger partial charge in [-0.2, -0.15) is 0 Å². The van der Waals surface area contributed by atoms with Gasteiger partial charge in [0.05, 0.1) is 13.6 Å². The second-order valence-corrected chi connectivity index (χ2v) is 10.6. The molecule has 0 saturated heterocycles. The first-order valence-electron chi connectivity index (χ1n) is 5.29. The summed E-state index contributed by atoms with van der Waals surface area (Å²) < 4.78 is 15.0. The van der Waals surface area contributed by atoms with Crippen molar-refractivity contribution in [3.63, 3.8) is 0 Å². The number of rotatable bonds is 3. The van der Waals surface area contributed by atoms with Crippen LogP contribution in [0.4, 0.5) is 4.39 Å². The van der Waals surface area contributed by atoms with Crippen molar-refractivity contribution in [3.8, 4) is 0 Å². The molecule has 16 heavy (non-hydrogen) atoms. The standard InChI is InChI=1S/C12H16BrFOSi/c1-5-8-6-9(7-15)11(14)12(10(8)13)16(2,3)4/h6-7H,5H2,1-4H3. The Morgan fingerprint density at radius 1 is 1.44 bits per heavy atom. The third-order valence-electron chi connectivity index (χ3n) is 2.56. The molecule has 88 valence electrons. The number of benzene rings is 1. The minimum atomic E-state index is -1.80. The van der Waals surface area contributed by atoms with Crippen molar-refractivity contribution < 1.29 is 9.18 Å². The van der Waals surface area contributed by atoms with Crippen LogP contribution in [0.25, 0.3) is 0 Å². The summed E-state index contributed by atoms with van der Waals surface area (Å²) in [7, 11) is -1.80. The third-order valence-corrected chi connectivity index (χ3v) is 5.80. The van der Waals surface area contributed by atoms with Crippen molar-refractivity contribution >= 4 is 35.5 Å². The molecule has 0 heterocycles. The lowest BCUT2D eigenvalue weighted by molar-refractivity contribution is 0.112. The van der Waals surface area contributed by atoms with Crippen LogP contribution in [0.15, 0.2) is 10.5 Å². The normalized spacial score (nSPS) is 11.6. The summed E-state index contributed by atoms with van der Waals surface area (Å²) in [6, 6.07) is 1.63. The Balaban J connectivity index is 3.63. The van der Waals surface area contributed by atoms with Gasteiger partial charge in [0.25, 0.3) is 0 Å². The lowest BCUT2D eigenvalue weighted by atomic mass is 10.1. The number of aryl methyl sites for hydroxylation is 1. The van der Waals surface area contributed by atoms with Gasteiger partial charge in [0.2, 0.25) is 0 Å². The molecule has 0 fully saturated rings. The Hall–Kier alpha value is -0.483. The van der Waals surface area contributed by atoms with E-state index in [9.17, 15) is 9.18 Å². The van der Waals surface area contributed by atoms with E-state index < -0.39 is 8.07 Å². The molecule has 1 aromatic carbocycles. The highest BCUT2D eigenvalue weighted by Crippen LogP contribution is 2.23. The van der Waals surface area contributed by atoms with E-state index in [2.05, 4.69) is 35.6 Å². The van der Waals surface area contributed by atoms with Crippen molar-refractivity contribution in [1.82, 2.24) is 0 Å². The van der Waals surface area contributed by atoms with Gasteiger partial charge in [-0.1, -0.05) is 42.5 Å². The van der Waals surface area contributed by atoms with Crippen LogP contribution in [0.1, 0.15) is 22.8 Å². The largest absolute Gasteiger partial charge is 0.298 e. The molecule has 0 N–H and O–H groups in total. The Morgan fingerprint density at radius 3 is 2.38 bits per heavy atom. The third kappa shape index (κ3) is 2.43. The van der Waals surface area contributed by atoms with Crippen LogP contribution in [0.3, 0.4) is 0 Å². The minimum Gasteiger partial charge on any atom is -0.298 e. The van der Waals surface area contributed by atoms with Gasteiger partial charge in [-0.3, -0.25) is 4.79 Å². The van der Waals surface area contributed by atoms with Gasteiger partial charge in [0.1, 0.15) is 5.82 Å². The molecule has 1 aromatic rings. The molecule has 0 saturated carbocycles. The zero-order chi connectivity index (χ0) is 12.5. The lowest BCUT2D eigenvalue weighted by Gasteiger charge is -2.22. The van der Waals surface area contributed by atoms with E-state index >= 15 is 0 Å². The number of aldehydes is 1. The topological polar surface area (TPSA) is 17.1 Å². The van der Waals surface area contributed by atoms with E-state index in [4.69, 9.17) is 0 Å². The van der Waals surface area contributed by atoms with Gasteiger partial charge in [0, 0.05) is 4.47 Å². The molecular weight excluding hydrogens is 287 g/mol. The molecule has 0 spiro atoms. The first-order chi connectivity index (χ1) is 7.32. The van der Waals surface area contributed by atoms with Crippen LogP contribution in [0.5, 0.6) is 0 Å². The first-order valence-corrected chi connectivity index (χ1v) is 9.58. The van der Waals surface area contributed by atoms with Crippen LogP contribution in [-0.4, -0.2) is 14.4 Å². The smallest absolute Gasteiger partial charge is 0.153 e. The van der Waals surface area contributed by atoms with Crippen molar-refractivity contribution in [2.45, 2.75) is 33.0 Å². The Morgan fingerprint density at radius 2 is 2.00 bits per heavy atom. The summed E-state index contributed by atoms with van der Waals surface area (Å²) in [6.07, 6.45) is 1.39. The molecule has 1 rings (SSSR count). The zero-order valence-corrected chi connectivity index (χ0v) is 12.6. The van der Waals surface area contributed by atoms with Gasteiger partial charge < -0.3 is 0 Å². The van der Waals surface area contributed by atoms with E-state index in [-0.39, 0.29) is 11.4 Å². The predicted octanol–water partition coefficient (Wildman–Crippen LogP) is 3.51. The quantitative estimate of drug-likeness (QED) is 0.617. The maximum absolute atomic E-state index is 14.1. The fourth-order valence-corrected chi connectivity index (χ4v) is 5.69. The number of halogens is 2. The molecule has 0 unspecified atom stereocenters. The van der Waals surface area contributed by atoms with E-state index in [1.807, 2.05) is 6.92 Å². The van der Waals surface area contributed by atoms with Crippen LogP contribution in [-0.2, 0) is 6.42 Å². The molecule has 0 atom stereocenters. The number of carbonyl (C=O) groups is 1. The van der Waals surface area contributed by atoms with Crippen molar-refractivity contribution in [2.75, 3.05) is 0 Å². The summed E-state index contributed by atoms with van der Waals surface area (Å²) in [5, 5.41) is 0.717. The summed E-state index contributed by atoms with van der Waals surface area (Å²) in [6.45, 7) is 8.22. The fourth-order valence-electron chi connectivity index (χ4n) is 1.72. The van der Waals surface area contributed by atoms with Crippen LogP contribution in [0.2, 0.25) is 19.6 Å². The van der Waals surface area contributed by atoms with E-state index in [0.29, 0.717) is 11.5 Å². The Bertz CT molecular complexity index is 424. The average Bonchev–Trinajstić information content (AvgIpc) is 2.16. The average molecular weight is 303 g/mol. The number of hydrogen-bond donors (Lipinski definition) is 0. The van der Waals surface area contributed by atoms with Gasteiger partial charge in [0.15, 0.2) is 6.29 Å². The molecule has 0 aromatic heterocycles. The molecule has 0 aliphatic rings. The highest BCUT2D eigenvalue weighted by Gasteiger charge is 2.27. The number of carbonyl (C=O) groups excluding carboxylic acids is 1. The summed E-state index contributed by atoms with van der Waals surface area (Å²) in [5.74, 6) is -0.349. The van der Waals surface area contributed by atoms with Gasteiger partial charge in [-0.15, -0.1) is 0 Å². The van der Waals surface area contributed by atoms with Crippen molar-refractivity contribution in [2.24, 2.45) is 0 Å². The summed E-state index contributed by atoms with van der Waals surface area (Å²) in [5.41, 5.74) is 1.18. The van der Waals surface area contributed by atoms with Crippen LogP contribution in [0, 0.1) is 5.82 Å². The first kappa shape index (κ1) is 13.6. The molecule has 0 amide bonds. The van der Waals surface area contributed by atoms with E-state index in [1.165, 1.54) is 0 Å². The zero-order valence-electron chi connectivity index (χ0n) is 10.0. The Kier molecular flexibility index (Phi) is 4.07. The Labute approximate surface area is 105 Å². The SMILES string of the molecule is CCc1cc(C=O)c(F)c([Si](C)(C)C)c1Br. The van der Waals surface area contributed by atoms with Crippen molar-refractivity contribution in [1.29, 1.82) is 0 Å². The molecule has 4 heteroatoms. The van der Waals surface area contributed by atoms with Gasteiger partial charge in [-0.05, 0) is 23.2 Å². The van der Waals surface area contributed by atoms with E-state index in [1.54, 1.807) is 6.07 Å². The lowest BCUT2D eigenvalue weighted by Crippen LogP contribution is -2.42. The summed E-state index contributed by atoms with van der Waals surface area (Å²) >= 11 is 3.47. The predicted molar refractivity (Wildman–Crippen MR) is 71.8 cm³/mol. The van der Waals surface area contributed by atoms with Crippen LogP contribution < -0.4 is 5.19 Å². The molecular formula is C12H16BrFOSi. The number of hydrogen-bond acceptors (Lipinski definition) is 1. The molecule has 0 radical (unpaired) electrons. The molecule has 0 bridgehead atoms. The highest BCUT2D eigenvalue weighted by molar-refractivity contribution is 9.10. The van der Waals surface area contributed by atoms with E-state index in [0.717, 1.165) is 16.5 Å². The van der Waals surface area contributed by atoms with Crippen LogP contribution >= 0.6 is 15.9 Å². The second kappa shape index (κ2) is 4.80. The second-order valence-electron chi connectivity index (χ2n) is 4.85. The maximum atomic E-state index is 14.1. The monoisotopic (exact) mass is 302 g/mol. The van der Waals surface area contributed by atoms with Gasteiger partial charge in [-0.25, -0.2) is 4.39 Å². The summed E-state index contributed by atoms with van der Waals surface area (Å²) in [4.78, 5) is 10.8. The maximum Gasteiger partial charge on any atom is 0.153 e. The molecule has 0 aliphatic heterocycles.